The number of aryl methyl sites for hydroxylation is 2. The summed E-state index contributed by atoms with van der Waals surface area (Å²) < 4.78 is 34.4. The number of hydrogen-bond acceptors (Lipinski definition) is 6. The van der Waals surface area contributed by atoms with E-state index in [9.17, 15) is 8.42 Å². The van der Waals surface area contributed by atoms with Crippen molar-refractivity contribution in [2.24, 2.45) is 0 Å². The maximum atomic E-state index is 13.2. The molecule has 1 fully saturated rings. The summed E-state index contributed by atoms with van der Waals surface area (Å²) in [5.41, 5.74) is 2.84. The van der Waals surface area contributed by atoms with Crippen LogP contribution in [0.25, 0.3) is 10.4 Å². The third-order valence-corrected chi connectivity index (χ3v) is 8.47. The summed E-state index contributed by atoms with van der Waals surface area (Å²) in [5.74, 6) is 0.474. The number of anilines is 2. The first-order valence-electron chi connectivity index (χ1n) is 10.9. The van der Waals surface area contributed by atoms with Crippen LogP contribution in [0, 0.1) is 13.8 Å². The Morgan fingerprint density at radius 3 is 2.56 bits per heavy atom. The summed E-state index contributed by atoms with van der Waals surface area (Å²) in [7, 11) is -2.28. The molecule has 6 nitrogen and oxygen atoms in total. The molecule has 1 aromatic heterocycles. The molecule has 0 unspecified atom stereocenters. The maximum Gasteiger partial charge on any atom is 0.262 e. The van der Waals surface area contributed by atoms with Crippen LogP contribution < -0.4 is 14.8 Å². The van der Waals surface area contributed by atoms with E-state index in [0.29, 0.717) is 23.0 Å². The van der Waals surface area contributed by atoms with Crippen LogP contribution in [0.15, 0.2) is 47.4 Å². The Kier molecular flexibility index (Phi) is 6.71. The van der Waals surface area contributed by atoms with Crippen LogP contribution in [0.5, 0.6) is 5.75 Å². The Balaban J connectivity index is 1.63. The topological polar surface area (TPSA) is 80.3 Å². The molecule has 0 saturated heterocycles. The highest BCUT2D eigenvalue weighted by atomic mass is 32.2. The molecular formula is C24H29N3O3S2. The van der Waals surface area contributed by atoms with Crippen molar-refractivity contribution in [1.29, 1.82) is 0 Å². The zero-order chi connectivity index (χ0) is 22.7. The fourth-order valence-corrected chi connectivity index (χ4v) is 6.49. The number of nitrogens with zero attached hydrogens (tertiary/aromatic N) is 1. The van der Waals surface area contributed by atoms with E-state index in [1.165, 1.54) is 39.2 Å². The lowest BCUT2D eigenvalue weighted by molar-refractivity contribution is 0.417. The van der Waals surface area contributed by atoms with Crippen LogP contribution in [0.1, 0.15) is 43.4 Å². The lowest BCUT2D eigenvalue weighted by Crippen LogP contribution is -2.21. The van der Waals surface area contributed by atoms with Crippen molar-refractivity contribution in [3.05, 3.63) is 53.7 Å². The second-order valence-corrected chi connectivity index (χ2v) is 10.8. The van der Waals surface area contributed by atoms with Gasteiger partial charge in [-0.05, 0) is 56.0 Å². The molecule has 0 spiro atoms. The lowest BCUT2D eigenvalue weighted by atomic mass is 9.96. The summed E-state index contributed by atoms with van der Waals surface area (Å²) in [6.45, 7) is 3.77. The monoisotopic (exact) mass is 471 g/mol. The van der Waals surface area contributed by atoms with Crippen LogP contribution in [-0.4, -0.2) is 26.6 Å². The summed E-state index contributed by atoms with van der Waals surface area (Å²) in [6, 6.07) is 13.0. The summed E-state index contributed by atoms with van der Waals surface area (Å²) in [5, 5.41) is 4.48. The van der Waals surface area contributed by atoms with E-state index in [-0.39, 0.29) is 4.90 Å². The SMILES string of the molecule is COc1ccccc1NS(=O)(=O)c1cc(-c2sc(NC3CCCCC3)nc2C)ccc1C. The van der Waals surface area contributed by atoms with Gasteiger partial charge in [0, 0.05) is 6.04 Å². The molecule has 170 valence electrons. The predicted octanol–water partition coefficient (Wildman–Crippen LogP) is 5.98. The molecule has 8 heteroatoms. The largest absolute Gasteiger partial charge is 0.495 e. The third-order valence-electron chi connectivity index (χ3n) is 5.82. The maximum absolute atomic E-state index is 13.2. The standard InChI is InChI=1S/C24H29N3O3S2/c1-16-13-14-18(23-17(2)25-24(31-23)26-19-9-5-4-6-10-19)15-22(16)32(28,29)27-20-11-7-8-12-21(20)30-3/h7-8,11-15,19,27H,4-6,9-10H2,1-3H3,(H,25,26). The number of sulfonamides is 1. The number of aromatic nitrogens is 1. The van der Waals surface area contributed by atoms with Gasteiger partial charge in [0.2, 0.25) is 0 Å². The van der Waals surface area contributed by atoms with Crippen molar-refractivity contribution in [2.75, 3.05) is 17.1 Å². The molecule has 0 aliphatic heterocycles. The van der Waals surface area contributed by atoms with Crippen LogP contribution in [-0.2, 0) is 10.0 Å². The number of nitrogens with one attached hydrogen (secondary N) is 2. The van der Waals surface area contributed by atoms with E-state index < -0.39 is 10.0 Å². The minimum Gasteiger partial charge on any atom is -0.495 e. The highest BCUT2D eigenvalue weighted by Crippen LogP contribution is 2.36. The molecule has 2 aromatic carbocycles. The van der Waals surface area contributed by atoms with Gasteiger partial charge in [-0.1, -0.05) is 54.9 Å². The molecule has 32 heavy (non-hydrogen) atoms. The van der Waals surface area contributed by atoms with E-state index in [0.717, 1.165) is 21.3 Å². The predicted molar refractivity (Wildman–Crippen MR) is 131 cm³/mol. The van der Waals surface area contributed by atoms with E-state index in [1.807, 2.05) is 19.1 Å². The Labute approximate surface area is 194 Å². The van der Waals surface area contributed by atoms with Crippen LogP contribution in [0.4, 0.5) is 10.8 Å². The molecule has 1 saturated carbocycles. The summed E-state index contributed by atoms with van der Waals surface area (Å²) in [4.78, 5) is 5.94. The molecule has 0 bridgehead atoms. The van der Waals surface area contributed by atoms with Gasteiger partial charge in [0.25, 0.3) is 10.0 Å². The zero-order valence-electron chi connectivity index (χ0n) is 18.6. The zero-order valence-corrected chi connectivity index (χ0v) is 20.3. The van der Waals surface area contributed by atoms with Crippen LogP contribution >= 0.6 is 11.3 Å². The van der Waals surface area contributed by atoms with E-state index in [1.54, 1.807) is 48.6 Å². The lowest BCUT2D eigenvalue weighted by Gasteiger charge is -2.22. The van der Waals surface area contributed by atoms with E-state index >= 15 is 0 Å². The normalized spacial score (nSPS) is 14.8. The van der Waals surface area contributed by atoms with Crippen molar-refractivity contribution >= 4 is 32.2 Å². The van der Waals surface area contributed by atoms with Gasteiger partial charge < -0.3 is 10.1 Å². The molecule has 1 heterocycles. The summed E-state index contributed by atoms with van der Waals surface area (Å²) >= 11 is 1.58. The quantitative estimate of drug-likeness (QED) is 0.443. The van der Waals surface area contributed by atoms with Gasteiger partial charge in [-0.2, -0.15) is 0 Å². The van der Waals surface area contributed by atoms with E-state index in [2.05, 4.69) is 10.0 Å². The van der Waals surface area contributed by atoms with Gasteiger partial charge in [0.1, 0.15) is 5.75 Å². The van der Waals surface area contributed by atoms with Gasteiger partial charge in [0.05, 0.1) is 28.3 Å². The summed E-state index contributed by atoms with van der Waals surface area (Å²) in [6.07, 6.45) is 6.18. The molecular weight excluding hydrogens is 442 g/mol. The molecule has 4 rings (SSSR count). The fraction of sp³-hybridized carbons (Fsp3) is 0.375. The van der Waals surface area contributed by atoms with Gasteiger partial charge in [-0.25, -0.2) is 13.4 Å². The van der Waals surface area contributed by atoms with Crippen molar-refractivity contribution < 1.29 is 13.2 Å². The van der Waals surface area contributed by atoms with Crippen molar-refractivity contribution in [3.8, 4) is 16.2 Å². The van der Waals surface area contributed by atoms with Crippen LogP contribution in [0.2, 0.25) is 0 Å². The van der Waals surface area contributed by atoms with Gasteiger partial charge in [0.15, 0.2) is 5.13 Å². The number of ether oxygens (including phenoxy) is 1. The van der Waals surface area contributed by atoms with Crippen molar-refractivity contribution in [2.45, 2.75) is 56.9 Å². The number of para-hydroxylation sites is 2. The Bertz CT molecular complexity index is 1200. The highest BCUT2D eigenvalue weighted by molar-refractivity contribution is 7.92. The first-order chi connectivity index (χ1) is 15.4. The average Bonchev–Trinajstić information content (AvgIpc) is 3.14. The minimum absolute atomic E-state index is 0.246. The first kappa shape index (κ1) is 22.6. The van der Waals surface area contributed by atoms with Gasteiger partial charge >= 0.3 is 0 Å². The van der Waals surface area contributed by atoms with Crippen molar-refractivity contribution in [3.63, 3.8) is 0 Å². The highest BCUT2D eigenvalue weighted by Gasteiger charge is 2.21. The number of thiazole rings is 1. The molecule has 0 radical (unpaired) electrons. The Hall–Kier alpha value is -2.58. The molecule has 2 N–H and O–H groups in total. The Morgan fingerprint density at radius 2 is 1.81 bits per heavy atom. The second-order valence-electron chi connectivity index (χ2n) is 8.20. The number of hydrogen-bond donors (Lipinski definition) is 2. The molecule has 1 aliphatic carbocycles. The second kappa shape index (κ2) is 9.50. The smallest absolute Gasteiger partial charge is 0.262 e. The minimum atomic E-state index is -3.80. The first-order valence-corrected chi connectivity index (χ1v) is 13.2. The molecule has 3 aromatic rings. The average molecular weight is 472 g/mol. The van der Waals surface area contributed by atoms with Gasteiger partial charge in [-0.3, -0.25) is 4.72 Å². The fourth-order valence-electron chi connectivity index (χ4n) is 4.11. The Morgan fingerprint density at radius 1 is 1.06 bits per heavy atom. The molecule has 1 aliphatic rings. The number of methoxy groups -OCH3 is 1. The third kappa shape index (κ3) is 4.91. The molecule has 0 amide bonds. The van der Waals surface area contributed by atoms with E-state index in [4.69, 9.17) is 9.72 Å². The number of benzene rings is 2. The van der Waals surface area contributed by atoms with Gasteiger partial charge in [-0.15, -0.1) is 0 Å². The van der Waals surface area contributed by atoms with Crippen LogP contribution in [0.3, 0.4) is 0 Å². The number of rotatable bonds is 7. The molecule has 0 atom stereocenters. The van der Waals surface area contributed by atoms with Crippen molar-refractivity contribution in [1.82, 2.24) is 4.98 Å².